The molecule has 1 aliphatic rings. The molecule has 0 unspecified atom stereocenters. The highest BCUT2D eigenvalue weighted by molar-refractivity contribution is 6.32. The number of halogens is 1. The number of anilines is 1. The standard InChI is InChI=1S/C27H27ClN4O2/c1-27(2,3)21-11-8-20(9-12-21)25(33)31-14-16-32(17-15-31)26-23(18-29)30-24(34-26)13-10-19-6-4-5-7-22(19)28/h4-13H,14-17H2,1-3H3/b13-10+. The van der Waals surface area contributed by atoms with E-state index < -0.39 is 0 Å². The molecule has 0 spiro atoms. The summed E-state index contributed by atoms with van der Waals surface area (Å²) in [7, 11) is 0. The first-order chi connectivity index (χ1) is 16.3. The number of rotatable bonds is 4. The van der Waals surface area contributed by atoms with Gasteiger partial charge in [0.05, 0.1) is 0 Å². The highest BCUT2D eigenvalue weighted by Gasteiger charge is 2.27. The topological polar surface area (TPSA) is 73.4 Å². The highest BCUT2D eigenvalue weighted by Crippen LogP contribution is 2.26. The van der Waals surface area contributed by atoms with Gasteiger partial charge in [-0.05, 0) is 40.8 Å². The highest BCUT2D eigenvalue weighted by atomic mass is 35.5. The number of hydrogen-bond donors (Lipinski definition) is 0. The molecule has 34 heavy (non-hydrogen) atoms. The predicted octanol–water partition coefficient (Wildman–Crippen LogP) is 5.63. The van der Waals surface area contributed by atoms with Crippen LogP contribution in [0.5, 0.6) is 0 Å². The van der Waals surface area contributed by atoms with Crippen LogP contribution in [0.3, 0.4) is 0 Å². The maximum absolute atomic E-state index is 13.0. The number of aromatic nitrogens is 1. The van der Waals surface area contributed by atoms with E-state index in [1.54, 1.807) is 12.2 Å². The molecule has 0 aliphatic carbocycles. The van der Waals surface area contributed by atoms with E-state index in [4.69, 9.17) is 16.0 Å². The lowest BCUT2D eigenvalue weighted by Crippen LogP contribution is -2.48. The van der Waals surface area contributed by atoms with Gasteiger partial charge in [0.1, 0.15) is 6.07 Å². The second-order valence-corrected chi connectivity index (χ2v) is 9.69. The SMILES string of the molecule is CC(C)(C)c1ccc(C(=O)N2CCN(c3oc(/C=C/c4ccccc4Cl)nc3C#N)CC2)cc1. The van der Waals surface area contributed by atoms with Crippen LogP contribution in [-0.4, -0.2) is 42.0 Å². The van der Waals surface area contributed by atoms with Gasteiger partial charge in [-0.1, -0.05) is 62.7 Å². The molecule has 0 N–H and O–H groups in total. The fraction of sp³-hybridized carbons (Fsp3) is 0.296. The molecule has 0 bridgehead atoms. The Morgan fingerprint density at radius 1 is 1.06 bits per heavy atom. The van der Waals surface area contributed by atoms with Crippen molar-refractivity contribution >= 4 is 35.5 Å². The van der Waals surface area contributed by atoms with Crippen molar-refractivity contribution in [3.63, 3.8) is 0 Å². The molecule has 7 heteroatoms. The summed E-state index contributed by atoms with van der Waals surface area (Å²) in [6, 6.07) is 17.4. The Hall–Kier alpha value is -3.56. The number of benzene rings is 2. The van der Waals surface area contributed by atoms with Crippen LogP contribution in [0, 0.1) is 11.3 Å². The normalized spacial score (nSPS) is 14.4. The number of nitriles is 1. The molecule has 1 fully saturated rings. The maximum atomic E-state index is 13.0. The zero-order valence-corrected chi connectivity index (χ0v) is 20.3. The fourth-order valence-corrected chi connectivity index (χ4v) is 4.06. The fourth-order valence-electron chi connectivity index (χ4n) is 3.87. The molecule has 174 valence electrons. The van der Waals surface area contributed by atoms with Gasteiger partial charge in [-0.25, -0.2) is 0 Å². The monoisotopic (exact) mass is 474 g/mol. The van der Waals surface area contributed by atoms with Gasteiger partial charge < -0.3 is 14.2 Å². The quantitative estimate of drug-likeness (QED) is 0.490. The Balaban J connectivity index is 1.42. The van der Waals surface area contributed by atoms with E-state index in [0.29, 0.717) is 48.5 Å². The Labute approximate surface area is 205 Å². The second-order valence-electron chi connectivity index (χ2n) is 9.28. The average molecular weight is 475 g/mol. The molecule has 0 saturated carbocycles. The van der Waals surface area contributed by atoms with Gasteiger partial charge in [-0.3, -0.25) is 4.79 Å². The van der Waals surface area contributed by atoms with Gasteiger partial charge in [-0.2, -0.15) is 10.2 Å². The van der Waals surface area contributed by atoms with Crippen LogP contribution in [0.4, 0.5) is 5.88 Å². The largest absolute Gasteiger partial charge is 0.420 e. The zero-order chi connectivity index (χ0) is 24.3. The van der Waals surface area contributed by atoms with Gasteiger partial charge in [0.2, 0.25) is 17.5 Å². The van der Waals surface area contributed by atoms with Crippen LogP contribution in [0.2, 0.25) is 5.02 Å². The molecule has 1 aliphatic heterocycles. The van der Waals surface area contributed by atoms with Crippen molar-refractivity contribution in [3.8, 4) is 6.07 Å². The minimum absolute atomic E-state index is 0.0153. The molecule has 2 aromatic carbocycles. The Morgan fingerprint density at radius 3 is 2.35 bits per heavy atom. The van der Waals surface area contributed by atoms with Crippen LogP contribution in [0.25, 0.3) is 12.2 Å². The summed E-state index contributed by atoms with van der Waals surface area (Å²) in [5.41, 5.74) is 3.00. The van der Waals surface area contributed by atoms with Crippen LogP contribution in [-0.2, 0) is 5.41 Å². The Kier molecular flexibility index (Phi) is 6.76. The number of amides is 1. The van der Waals surface area contributed by atoms with E-state index in [2.05, 4.69) is 31.8 Å². The lowest BCUT2D eigenvalue weighted by Gasteiger charge is -2.34. The van der Waals surface area contributed by atoms with E-state index >= 15 is 0 Å². The summed E-state index contributed by atoms with van der Waals surface area (Å²) >= 11 is 6.19. The van der Waals surface area contributed by atoms with Gasteiger partial charge in [0, 0.05) is 42.8 Å². The lowest BCUT2D eigenvalue weighted by atomic mass is 9.86. The number of hydrogen-bond acceptors (Lipinski definition) is 5. The second kappa shape index (κ2) is 9.74. The number of nitrogens with zero attached hydrogens (tertiary/aromatic N) is 4. The number of carbonyl (C=O) groups is 1. The van der Waals surface area contributed by atoms with E-state index in [9.17, 15) is 10.1 Å². The van der Waals surface area contributed by atoms with Crippen molar-refractivity contribution in [1.29, 1.82) is 5.26 Å². The van der Waals surface area contributed by atoms with Gasteiger partial charge in [0.15, 0.2) is 0 Å². The summed E-state index contributed by atoms with van der Waals surface area (Å²) < 4.78 is 5.89. The Morgan fingerprint density at radius 2 is 1.74 bits per heavy atom. The van der Waals surface area contributed by atoms with Gasteiger partial charge in [-0.15, -0.1) is 0 Å². The summed E-state index contributed by atoms with van der Waals surface area (Å²) in [4.78, 5) is 21.1. The summed E-state index contributed by atoms with van der Waals surface area (Å²) in [5.74, 6) is 0.786. The number of carbonyl (C=O) groups excluding carboxylic acids is 1. The van der Waals surface area contributed by atoms with Crippen LogP contribution in [0.1, 0.15) is 53.8 Å². The van der Waals surface area contributed by atoms with E-state index in [1.165, 1.54) is 5.56 Å². The smallest absolute Gasteiger partial charge is 0.253 e. The van der Waals surface area contributed by atoms with Crippen molar-refractivity contribution in [2.24, 2.45) is 0 Å². The molecule has 4 rings (SSSR count). The molecular weight excluding hydrogens is 448 g/mol. The van der Waals surface area contributed by atoms with Crippen molar-refractivity contribution in [3.05, 3.63) is 81.8 Å². The summed E-state index contributed by atoms with van der Waals surface area (Å²) in [6.07, 6.45) is 3.51. The van der Waals surface area contributed by atoms with Crippen LogP contribution < -0.4 is 4.90 Å². The summed E-state index contributed by atoms with van der Waals surface area (Å²) in [6.45, 7) is 8.65. The minimum Gasteiger partial charge on any atom is -0.420 e. The minimum atomic E-state index is 0.0153. The van der Waals surface area contributed by atoms with E-state index in [1.807, 2.05) is 58.3 Å². The third-order valence-electron chi connectivity index (χ3n) is 5.89. The van der Waals surface area contributed by atoms with Crippen LogP contribution in [0.15, 0.2) is 52.9 Å². The maximum Gasteiger partial charge on any atom is 0.253 e. The van der Waals surface area contributed by atoms with Crippen molar-refractivity contribution in [2.75, 3.05) is 31.1 Å². The first kappa shape index (κ1) is 23.6. The van der Waals surface area contributed by atoms with Crippen molar-refractivity contribution in [2.45, 2.75) is 26.2 Å². The third-order valence-corrected chi connectivity index (χ3v) is 6.24. The molecule has 6 nitrogen and oxygen atoms in total. The molecule has 1 amide bonds. The summed E-state index contributed by atoms with van der Waals surface area (Å²) in [5, 5.41) is 10.2. The van der Waals surface area contributed by atoms with Crippen LogP contribution >= 0.6 is 11.6 Å². The molecular formula is C27H27ClN4O2. The zero-order valence-electron chi connectivity index (χ0n) is 19.6. The molecule has 3 aromatic rings. The van der Waals surface area contributed by atoms with Gasteiger partial charge in [0.25, 0.3) is 5.91 Å². The number of piperazine rings is 1. The van der Waals surface area contributed by atoms with E-state index in [-0.39, 0.29) is 17.0 Å². The van der Waals surface area contributed by atoms with Crippen molar-refractivity contribution in [1.82, 2.24) is 9.88 Å². The lowest BCUT2D eigenvalue weighted by molar-refractivity contribution is 0.0745. The first-order valence-corrected chi connectivity index (χ1v) is 11.6. The average Bonchev–Trinajstić information content (AvgIpc) is 3.26. The number of oxazole rings is 1. The molecule has 1 aromatic heterocycles. The Bertz CT molecular complexity index is 1240. The molecule has 1 saturated heterocycles. The molecule has 0 radical (unpaired) electrons. The molecule has 2 heterocycles. The van der Waals surface area contributed by atoms with Gasteiger partial charge >= 0.3 is 0 Å². The predicted molar refractivity (Wildman–Crippen MR) is 135 cm³/mol. The van der Waals surface area contributed by atoms with Crippen molar-refractivity contribution < 1.29 is 9.21 Å². The first-order valence-electron chi connectivity index (χ1n) is 11.2. The molecule has 0 atom stereocenters. The van der Waals surface area contributed by atoms with E-state index in [0.717, 1.165) is 5.56 Å². The third kappa shape index (κ3) is 5.16.